The number of hydrogen-bond acceptors (Lipinski definition) is 5. The molecule has 0 heterocycles. The molecule has 0 amide bonds. The van der Waals surface area contributed by atoms with Gasteiger partial charge in [0.15, 0.2) is 0 Å². The van der Waals surface area contributed by atoms with E-state index >= 15 is 0 Å². The minimum atomic E-state index is -0.472. The minimum absolute atomic E-state index is 0.000933. The standard InChI is InChI=1S/C32H48N2O3/c1-27(2)11-13-32(26(36)37-8)14-12-31(7)24(20(32)17-27)21(34)15-23-29(5)16-19(18-33)25(35)28(3,4)22(29)9-10-30(23,31)6/h20,22-24,34-35H,9-17H2,1-8H3/t20-,22-,23+,24-,29-,30+,31+,32-/m0/s1. The number of aliphatic hydroxyl groups excluding tert-OH is 1. The molecule has 5 nitrogen and oxygen atoms in total. The first-order chi connectivity index (χ1) is 17.0. The number of esters is 1. The van der Waals surface area contributed by atoms with E-state index in [1.165, 1.54) is 7.11 Å². The SMILES string of the molecule is COC(=O)[C@]12CCC(C)(C)C[C@H]1[C@H]1C(=N)C[C@@H]3[C@@]4(C)CC(C#N)=C(O)C(C)(C)[C@@H]4CC[C@@]3(C)[C@]1(C)CC2. The molecule has 0 aromatic carbocycles. The van der Waals surface area contributed by atoms with Crippen LogP contribution in [0.5, 0.6) is 0 Å². The van der Waals surface area contributed by atoms with Gasteiger partial charge >= 0.3 is 5.97 Å². The first kappa shape index (κ1) is 26.8. The predicted octanol–water partition coefficient (Wildman–Crippen LogP) is 7.62. The largest absolute Gasteiger partial charge is 0.511 e. The molecule has 4 saturated carbocycles. The highest BCUT2D eigenvalue weighted by Crippen LogP contribution is 2.76. The van der Waals surface area contributed by atoms with Gasteiger partial charge in [-0.2, -0.15) is 5.26 Å². The summed E-state index contributed by atoms with van der Waals surface area (Å²) in [6.07, 6.45) is 8.05. The number of fused-ring (bicyclic) bond motifs is 7. The number of methoxy groups -OCH3 is 1. The third kappa shape index (κ3) is 3.20. The summed E-state index contributed by atoms with van der Waals surface area (Å²) in [5, 5.41) is 30.7. The lowest BCUT2D eigenvalue weighted by Gasteiger charge is -2.72. The highest BCUT2D eigenvalue weighted by atomic mass is 16.5. The molecule has 0 saturated heterocycles. The predicted molar refractivity (Wildman–Crippen MR) is 145 cm³/mol. The zero-order valence-electron chi connectivity index (χ0n) is 24.4. The van der Waals surface area contributed by atoms with Crippen molar-refractivity contribution < 1.29 is 14.6 Å². The van der Waals surface area contributed by atoms with Crippen molar-refractivity contribution in [3.05, 3.63) is 11.3 Å². The Morgan fingerprint density at radius 3 is 2.27 bits per heavy atom. The number of hydrogen-bond donors (Lipinski definition) is 2. The summed E-state index contributed by atoms with van der Waals surface area (Å²) in [7, 11) is 1.54. The van der Waals surface area contributed by atoms with Gasteiger partial charge in [0.2, 0.25) is 0 Å². The smallest absolute Gasteiger partial charge is 0.312 e. The fourth-order valence-electron chi connectivity index (χ4n) is 11.2. The average molecular weight is 509 g/mol. The van der Waals surface area contributed by atoms with Crippen molar-refractivity contribution in [3.8, 4) is 6.07 Å². The van der Waals surface area contributed by atoms with Gasteiger partial charge in [0.05, 0.1) is 24.2 Å². The molecule has 37 heavy (non-hydrogen) atoms. The highest BCUT2D eigenvalue weighted by molar-refractivity contribution is 5.88. The van der Waals surface area contributed by atoms with Crippen LogP contribution in [-0.4, -0.2) is 23.9 Å². The summed E-state index contributed by atoms with van der Waals surface area (Å²) in [5.74, 6) is 0.983. The van der Waals surface area contributed by atoms with E-state index in [-0.39, 0.29) is 57.1 Å². The van der Waals surface area contributed by atoms with Crippen molar-refractivity contribution in [2.75, 3.05) is 7.11 Å². The maximum Gasteiger partial charge on any atom is 0.312 e. The Bertz CT molecular complexity index is 1110. The van der Waals surface area contributed by atoms with Gasteiger partial charge in [-0.25, -0.2) is 0 Å². The molecule has 0 unspecified atom stereocenters. The van der Waals surface area contributed by atoms with Crippen LogP contribution in [0.3, 0.4) is 0 Å². The quantitative estimate of drug-likeness (QED) is 0.356. The van der Waals surface area contributed by atoms with E-state index in [1.807, 2.05) is 0 Å². The lowest BCUT2D eigenvalue weighted by molar-refractivity contribution is -0.215. The Morgan fingerprint density at radius 2 is 1.65 bits per heavy atom. The van der Waals surface area contributed by atoms with Gasteiger partial charge in [0, 0.05) is 17.0 Å². The van der Waals surface area contributed by atoms with E-state index < -0.39 is 10.8 Å². The number of nitrogens with zero attached hydrogens (tertiary/aromatic N) is 1. The lowest BCUT2D eigenvalue weighted by Crippen LogP contribution is -2.69. The maximum absolute atomic E-state index is 13.4. The molecule has 0 bridgehead atoms. The number of nitriles is 1. The van der Waals surface area contributed by atoms with Crippen molar-refractivity contribution in [1.29, 1.82) is 10.7 Å². The van der Waals surface area contributed by atoms with Gasteiger partial charge in [-0.3, -0.25) is 4.79 Å². The van der Waals surface area contributed by atoms with Crippen molar-refractivity contribution in [2.24, 2.45) is 56.2 Å². The maximum atomic E-state index is 13.4. The van der Waals surface area contributed by atoms with Gasteiger partial charge in [0.25, 0.3) is 0 Å². The normalized spacial score (nSPS) is 48.0. The monoisotopic (exact) mass is 508 g/mol. The molecule has 4 fully saturated rings. The Balaban J connectivity index is 1.62. The first-order valence-electron chi connectivity index (χ1n) is 14.5. The summed E-state index contributed by atoms with van der Waals surface area (Å²) >= 11 is 0. The minimum Gasteiger partial charge on any atom is -0.511 e. The zero-order valence-corrected chi connectivity index (χ0v) is 24.4. The molecule has 5 aliphatic rings. The van der Waals surface area contributed by atoms with Gasteiger partial charge < -0.3 is 15.3 Å². The number of carbonyl (C=O) groups excluding carboxylic acids is 1. The van der Waals surface area contributed by atoms with Crippen LogP contribution in [0.4, 0.5) is 0 Å². The Hall–Kier alpha value is -1.83. The van der Waals surface area contributed by atoms with Crippen LogP contribution in [0.1, 0.15) is 106 Å². The molecule has 2 N–H and O–H groups in total. The third-order valence-corrected chi connectivity index (χ3v) is 13.4. The highest BCUT2D eigenvalue weighted by Gasteiger charge is 2.72. The number of ether oxygens (including phenoxy) is 1. The zero-order chi connectivity index (χ0) is 27.4. The summed E-state index contributed by atoms with van der Waals surface area (Å²) in [4.78, 5) is 13.4. The second-order valence-electron chi connectivity index (χ2n) is 15.7. The lowest BCUT2D eigenvalue weighted by atomic mass is 9.31. The van der Waals surface area contributed by atoms with Gasteiger partial charge in [0.1, 0.15) is 5.76 Å². The molecule has 204 valence electrons. The average Bonchev–Trinajstić information content (AvgIpc) is 2.82. The Morgan fingerprint density at radius 1 is 1.00 bits per heavy atom. The van der Waals surface area contributed by atoms with E-state index in [0.717, 1.165) is 57.1 Å². The number of rotatable bonds is 1. The second-order valence-corrected chi connectivity index (χ2v) is 15.7. The molecule has 0 aliphatic heterocycles. The summed E-state index contributed by atoms with van der Waals surface area (Å²) in [6.45, 7) is 16.2. The van der Waals surface area contributed by atoms with E-state index in [1.54, 1.807) is 0 Å². The van der Waals surface area contributed by atoms with Crippen molar-refractivity contribution in [1.82, 2.24) is 0 Å². The summed E-state index contributed by atoms with van der Waals surface area (Å²) in [5.41, 5.74) is 0.347. The van der Waals surface area contributed by atoms with Crippen LogP contribution in [0, 0.1) is 72.9 Å². The third-order valence-electron chi connectivity index (χ3n) is 13.4. The van der Waals surface area contributed by atoms with Crippen molar-refractivity contribution in [3.63, 3.8) is 0 Å². The van der Waals surface area contributed by atoms with Crippen molar-refractivity contribution in [2.45, 2.75) is 106 Å². The second kappa shape index (κ2) is 7.86. The first-order valence-corrected chi connectivity index (χ1v) is 14.5. The van der Waals surface area contributed by atoms with Crippen LogP contribution in [0.25, 0.3) is 0 Å². The van der Waals surface area contributed by atoms with E-state index in [2.05, 4.69) is 54.5 Å². The van der Waals surface area contributed by atoms with Crippen LogP contribution < -0.4 is 0 Å². The molecule has 0 aromatic rings. The topological polar surface area (TPSA) is 94.2 Å². The van der Waals surface area contributed by atoms with Crippen LogP contribution in [-0.2, 0) is 9.53 Å². The fourth-order valence-corrected chi connectivity index (χ4v) is 11.2. The molecule has 0 radical (unpaired) electrons. The number of allylic oxidation sites excluding steroid dienone is 2. The molecule has 5 aliphatic carbocycles. The van der Waals surface area contributed by atoms with Crippen molar-refractivity contribution >= 4 is 11.7 Å². The molecular weight excluding hydrogens is 460 g/mol. The molecule has 5 rings (SSSR count). The number of aliphatic hydroxyl groups is 1. The number of nitrogens with one attached hydrogen (secondary N) is 1. The Kier molecular flexibility index (Phi) is 5.68. The van der Waals surface area contributed by atoms with Crippen LogP contribution >= 0.6 is 0 Å². The molecule has 0 aromatic heterocycles. The summed E-state index contributed by atoms with van der Waals surface area (Å²) in [6, 6.07) is 2.35. The summed E-state index contributed by atoms with van der Waals surface area (Å²) < 4.78 is 5.47. The van der Waals surface area contributed by atoms with Gasteiger partial charge in [-0.1, -0.05) is 48.5 Å². The van der Waals surface area contributed by atoms with E-state index in [4.69, 9.17) is 4.74 Å². The molecular formula is C32H48N2O3. The Labute approximate surface area is 223 Å². The molecule has 5 heteroatoms. The van der Waals surface area contributed by atoms with Crippen LogP contribution in [0.15, 0.2) is 11.3 Å². The van der Waals surface area contributed by atoms with E-state index in [9.17, 15) is 20.6 Å². The number of carbonyl (C=O) groups is 1. The van der Waals surface area contributed by atoms with Gasteiger partial charge in [-0.05, 0) is 97.2 Å². The molecule has 0 spiro atoms. The molecule has 8 atom stereocenters. The van der Waals surface area contributed by atoms with Crippen LogP contribution in [0.2, 0.25) is 0 Å². The fraction of sp³-hybridized carbons (Fsp3) is 0.844. The van der Waals surface area contributed by atoms with Gasteiger partial charge in [-0.15, -0.1) is 0 Å². The van der Waals surface area contributed by atoms with E-state index in [0.29, 0.717) is 12.0 Å².